The molecule has 3 heteroatoms. The number of carbonyl (C=O) groups is 1. The van der Waals surface area contributed by atoms with Crippen molar-refractivity contribution in [3.05, 3.63) is 71.8 Å². The summed E-state index contributed by atoms with van der Waals surface area (Å²) in [7, 11) is 0. The molecule has 0 aliphatic rings. The maximum Gasteiger partial charge on any atom is 0.306 e. The highest BCUT2D eigenvalue weighted by molar-refractivity contribution is 5.70. The van der Waals surface area contributed by atoms with E-state index in [0.29, 0.717) is 19.4 Å². The number of aryl methyl sites for hydroxylation is 1. The third-order valence-electron chi connectivity index (χ3n) is 5.23. The fraction of sp³-hybridized carbons (Fsp3) is 0.480. The van der Waals surface area contributed by atoms with Crippen LogP contribution in [0.15, 0.2) is 60.7 Å². The van der Waals surface area contributed by atoms with Gasteiger partial charge < -0.3 is 9.84 Å². The maximum absolute atomic E-state index is 11.9. The molecule has 0 bridgehead atoms. The molecular formula is C25H34O3. The summed E-state index contributed by atoms with van der Waals surface area (Å²) in [6.45, 7) is 2.75. The Morgan fingerprint density at radius 1 is 0.893 bits per heavy atom. The quantitative estimate of drug-likeness (QED) is 0.392. The highest BCUT2D eigenvalue weighted by atomic mass is 16.5. The predicted molar refractivity (Wildman–Crippen MR) is 114 cm³/mol. The first-order valence-electron chi connectivity index (χ1n) is 10.6. The molecule has 3 nitrogen and oxygen atoms in total. The molecular weight excluding hydrogens is 348 g/mol. The molecule has 0 aliphatic heterocycles. The number of hydrogen-bond acceptors (Lipinski definition) is 2. The largest absolute Gasteiger partial charge is 0.481 e. The summed E-state index contributed by atoms with van der Waals surface area (Å²) in [5.41, 5.74) is 2.33. The maximum atomic E-state index is 11.9. The summed E-state index contributed by atoms with van der Waals surface area (Å²) in [6, 6.07) is 20.2. The molecule has 0 heterocycles. The number of hydrogen-bond donors (Lipinski definition) is 1. The third-order valence-corrected chi connectivity index (χ3v) is 5.23. The highest BCUT2D eigenvalue weighted by Gasteiger charge is 2.23. The zero-order valence-electron chi connectivity index (χ0n) is 17.1. The SMILES string of the molecule is CCCCCCC(CC(CCc1ccccc1)C(=O)O)OCc1ccccc1. The molecule has 0 spiro atoms. The monoisotopic (exact) mass is 382 g/mol. The molecule has 2 aromatic carbocycles. The second-order valence-corrected chi connectivity index (χ2v) is 7.56. The first-order valence-corrected chi connectivity index (χ1v) is 10.6. The predicted octanol–water partition coefficient (Wildman–Crippen LogP) is 6.27. The average molecular weight is 383 g/mol. The minimum Gasteiger partial charge on any atom is -0.481 e. The first kappa shape index (κ1) is 22.2. The van der Waals surface area contributed by atoms with Crippen molar-refractivity contribution in [3.63, 3.8) is 0 Å². The van der Waals surface area contributed by atoms with Gasteiger partial charge in [-0.2, -0.15) is 0 Å². The van der Waals surface area contributed by atoms with Gasteiger partial charge in [-0.25, -0.2) is 0 Å². The number of ether oxygens (including phenoxy) is 1. The molecule has 0 saturated carbocycles. The standard InChI is InChI=1S/C25H34O3/c1-2-3-4-11-16-24(28-20-22-14-9-6-10-15-22)19-23(25(26)27)18-17-21-12-7-5-8-13-21/h5-10,12-15,23-24H,2-4,11,16-20H2,1H3,(H,26,27). The highest BCUT2D eigenvalue weighted by Crippen LogP contribution is 2.22. The molecule has 2 aromatic rings. The van der Waals surface area contributed by atoms with Crippen molar-refractivity contribution in [2.75, 3.05) is 0 Å². The summed E-state index contributed by atoms with van der Waals surface area (Å²) in [5.74, 6) is -1.08. The van der Waals surface area contributed by atoms with Gasteiger partial charge in [0.15, 0.2) is 0 Å². The van der Waals surface area contributed by atoms with Crippen molar-refractivity contribution >= 4 is 5.97 Å². The molecule has 0 aliphatic carbocycles. The summed E-state index contributed by atoms with van der Waals surface area (Å²) < 4.78 is 6.18. The number of benzene rings is 2. The van der Waals surface area contributed by atoms with Crippen LogP contribution >= 0.6 is 0 Å². The Morgan fingerprint density at radius 3 is 2.14 bits per heavy atom. The lowest BCUT2D eigenvalue weighted by Crippen LogP contribution is -2.24. The molecule has 1 N–H and O–H groups in total. The van der Waals surface area contributed by atoms with Crippen LogP contribution in [0.5, 0.6) is 0 Å². The van der Waals surface area contributed by atoms with Crippen molar-refractivity contribution < 1.29 is 14.6 Å². The van der Waals surface area contributed by atoms with E-state index in [4.69, 9.17) is 4.74 Å². The zero-order valence-corrected chi connectivity index (χ0v) is 17.1. The van der Waals surface area contributed by atoms with Crippen LogP contribution in [0, 0.1) is 5.92 Å². The molecule has 28 heavy (non-hydrogen) atoms. The van der Waals surface area contributed by atoms with E-state index in [2.05, 4.69) is 31.2 Å². The van der Waals surface area contributed by atoms with Gasteiger partial charge in [-0.15, -0.1) is 0 Å². The smallest absolute Gasteiger partial charge is 0.306 e. The van der Waals surface area contributed by atoms with E-state index < -0.39 is 5.97 Å². The molecule has 152 valence electrons. The summed E-state index contributed by atoms with van der Waals surface area (Å²) in [5, 5.41) is 9.74. The molecule has 0 fully saturated rings. The van der Waals surface area contributed by atoms with Gasteiger partial charge in [-0.1, -0.05) is 93.3 Å². The van der Waals surface area contributed by atoms with Crippen LogP contribution < -0.4 is 0 Å². The van der Waals surface area contributed by atoms with Crippen LogP contribution in [0.2, 0.25) is 0 Å². The Balaban J connectivity index is 1.92. The lowest BCUT2D eigenvalue weighted by Gasteiger charge is -2.22. The zero-order chi connectivity index (χ0) is 20.0. The lowest BCUT2D eigenvalue weighted by molar-refractivity contribution is -0.143. The second kappa shape index (κ2) is 13.1. The minimum atomic E-state index is -0.710. The fourth-order valence-corrected chi connectivity index (χ4v) is 3.50. The number of unbranched alkanes of at least 4 members (excludes halogenated alkanes) is 3. The van der Waals surface area contributed by atoms with Gasteiger partial charge in [0.1, 0.15) is 0 Å². The molecule has 2 atom stereocenters. The van der Waals surface area contributed by atoms with Crippen molar-refractivity contribution in [1.82, 2.24) is 0 Å². The van der Waals surface area contributed by atoms with Gasteiger partial charge >= 0.3 is 5.97 Å². The van der Waals surface area contributed by atoms with Gasteiger partial charge in [-0.3, -0.25) is 4.79 Å². The number of carboxylic acids is 1. The van der Waals surface area contributed by atoms with Crippen molar-refractivity contribution in [2.45, 2.75) is 71.0 Å². The minimum absolute atomic E-state index is 0.00562. The van der Waals surface area contributed by atoms with E-state index in [1.165, 1.54) is 24.8 Å². The van der Waals surface area contributed by atoms with Gasteiger partial charge in [0.25, 0.3) is 0 Å². The molecule has 0 aromatic heterocycles. The molecule has 0 saturated heterocycles. The van der Waals surface area contributed by atoms with Crippen molar-refractivity contribution in [2.24, 2.45) is 5.92 Å². The number of rotatable bonds is 14. The van der Waals surface area contributed by atoms with E-state index >= 15 is 0 Å². The third kappa shape index (κ3) is 8.71. The lowest BCUT2D eigenvalue weighted by atomic mass is 9.92. The summed E-state index contributed by atoms with van der Waals surface area (Å²) in [4.78, 5) is 11.9. The Labute approximate surface area is 169 Å². The summed E-state index contributed by atoms with van der Waals surface area (Å²) in [6.07, 6.45) is 7.66. The van der Waals surface area contributed by atoms with Crippen LogP contribution in [-0.2, 0) is 22.6 Å². The van der Waals surface area contributed by atoms with Crippen molar-refractivity contribution in [3.8, 4) is 0 Å². The normalized spacial score (nSPS) is 13.2. The number of carboxylic acid groups (broad SMARTS) is 1. The molecule has 0 radical (unpaired) electrons. The van der Waals surface area contributed by atoms with E-state index in [0.717, 1.165) is 24.8 Å². The van der Waals surface area contributed by atoms with Gasteiger partial charge in [-0.05, 0) is 36.8 Å². The van der Waals surface area contributed by atoms with Gasteiger partial charge in [0, 0.05) is 0 Å². The topological polar surface area (TPSA) is 46.5 Å². The van der Waals surface area contributed by atoms with E-state index in [1.807, 2.05) is 36.4 Å². The van der Waals surface area contributed by atoms with Crippen LogP contribution in [0.3, 0.4) is 0 Å². The van der Waals surface area contributed by atoms with Gasteiger partial charge in [0.2, 0.25) is 0 Å². The van der Waals surface area contributed by atoms with E-state index in [-0.39, 0.29) is 12.0 Å². The van der Waals surface area contributed by atoms with Crippen LogP contribution in [-0.4, -0.2) is 17.2 Å². The Kier molecular flexibility index (Phi) is 10.4. The summed E-state index contributed by atoms with van der Waals surface area (Å²) >= 11 is 0. The van der Waals surface area contributed by atoms with Crippen LogP contribution in [0.25, 0.3) is 0 Å². The average Bonchev–Trinajstić information content (AvgIpc) is 2.73. The van der Waals surface area contributed by atoms with Gasteiger partial charge in [0.05, 0.1) is 18.6 Å². The second-order valence-electron chi connectivity index (χ2n) is 7.56. The fourth-order valence-electron chi connectivity index (χ4n) is 3.50. The van der Waals surface area contributed by atoms with Crippen LogP contribution in [0.1, 0.15) is 63.0 Å². The molecule has 0 amide bonds. The van der Waals surface area contributed by atoms with Crippen LogP contribution in [0.4, 0.5) is 0 Å². The Hall–Kier alpha value is -2.13. The Bertz CT molecular complexity index is 654. The molecule has 2 unspecified atom stereocenters. The Morgan fingerprint density at radius 2 is 1.54 bits per heavy atom. The van der Waals surface area contributed by atoms with E-state index in [9.17, 15) is 9.90 Å². The van der Waals surface area contributed by atoms with E-state index in [1.54, 1.807) is 0 Å². The number of aliphatic carboxylic acids is 1. The first-order chi connectivity index (χ1) is 13.7. The molecule has 2 rings (SSSR count). The van der Waals surface area contributed by atoms with Crippen molar-refractivity contribution in [1.29, 1.82) is 0 Å².